The molecule has 7 nitrogen and oxygen atoms in total. The molecule has 0 fully saturated rings. The van der Waals surface area contributed by atoms with Crippen LogP contribution in [-0.4, -0.2) is 33.5 Å². The molecule has 0 amide bonds. The lowest BCUT2D eigenvalue weighted by atomic mass is 10.2. The molecule has 0 aliphatic heterocycles. The molecule has 0 aliphatic rings. The highest BCUT2D eigenvalue weighted by Crippen LogP contribution is 2.42. The third kappa shape index (κ3) is 3.34. The molecule has 0 unspecified atom stereocenters. The van der Waals surface area contributed by atoms with E-state index in [1.54, 1.807) is 38.3 Å². The number of benzene rings is 2. The first-order chi connectivity index (χ1) is 11.5. The van der Waals surface area contributed by atoms with Crippen molar-refractivity contribution in [1.82, 2.24) is 0 Å². The minimum Gasteiger partial charge on any atom is -0.505 e. The molecule has 1 N–H and O–H groups in total. The minimum absolute atomic E-state index is 0.0190. The third-order valence-electron chi connectivity index (χ3n) is 3.50. The van der Waals surface area contributed by atoms with Crippen molar-refractivity contribution >= 4 is 11.4 Å². The number of ether oxygens (including phenoxy) is 4. The second kappa shape index (κ2) is 7.54. The second-order valence-electron chi connectivity index (χ2n) is 4.84. The summed E-state index contributed by atoms with van der Waals surface area (Å²) in [5, 5.41) is 18.4. The van der Waals surface area contributed by atoms with Crippen LogP contribution in [0, 0.1) is 6.92 Å². The topological polar surface area (TPSA) is 81.9 Å². The van der Waals surface area contributed by atoms with Crippen molar-refractivity contribution in [2.24, 2.45) is 10.2 Å². The molecule has 2 rings (SSSR count). The highest BCUT2D eigenvalue weighted by Gasteiger charge is 2.13. The zero-order valence-corrected chi connectivity index (χ0v) is 14.3. The third-order valence-corrected chi connectivity index (χ3v) is 3.50. The van der Waals surface area contributed by atoms with Crippen LogP contribution in [0.1, 0.15) is 5.56 Å². The van der Waals surface area contributed by atoms with Gasteiger partial charge in [-0.15, -0.1) is 5.11 Å². The van der Waals surface area contributed by atoms with Gasteiger partial charge in [-0.25, -0.2) is 0 Å². The highest BCUT2D eigenvalue weighted by molar-refractivity contribution is 5.62. The van der Waals surface area contributed by atoms with E-state index >= 15 is 0 Å². The molecule has 2 aromatic carbocycles. The van der Waals surface area contributed by atoms with Gasteiger partial charge >= 0.3 is 0 Å². The van der Waals surface area contributed by atoms with Gasteiger partial charge in [-0.2, -0.15) is 5.11 Å². The Bertz CT molecular complexity index is 734. The van der Waals surface area contributed by atoms with E-state index in [4.69, 9.17) is 18.9 Å². The molecule has 128 valence electrons. The Morgan fingerprint density at radius 2 is 1.38 bits per heavy atom. The Hall–Kier alpha value is -2.96. The van der Waals surface area contributed by atoms with E-state index in [1.807, 2.05) is 0 Å². The summed E-state index contributed by atoms with van der Waals surface area (Å²) in [6.07, 6.45) is 0. The van der Waals surface area contributed by atoms with Gasteiger partial charge in [0.05, 0.1) is 34.1 Å². The molecule has 0 aromatic heterocycles. The van der Waals surface area contributed by atoms with Crippen molar-refractivity contribution in [3.63, 3.8) is 0 Å². The van der Waals surface area contributed by atoms with Gasteiger partial charge in [0.15, 0.2) is 11.5 Å². The molecular formula is C17H20N2O5. The first-order valence-electron chi connectivity index (χ1n) is 7.14. The van der Waals surface area contributed by atoms with Gasteiger partial charge in [-0.1, -0.05) is 0 Å². The molecule has 0 radical (unpaired) electrons. The summed E-state index contributed by atoms with van der Waals surface area (Å²) in [7, 11) is 6.12. The summed E-state index contributed by atoms with van der Waals surface area (Å²) < 4.78 is 21.0. The summed E-state index contributed by atoms with van der Waals surface area (Å²) in [5.74, 6) is 2.02. The van der Waals surface area contributed by atoms with Crippen LogP contribution in [0.2, 0.25) is 0 Å². The van der Waals surface area contributed by atoms with Crippen molar-refractivity contribution in [3.8, 4) is 28.7 Å². The predicted molar refractivity (Wildman–Crippen MR) is 89.7 cm³/mol. The van der Waals surface area contributed by atoms with Crippen LogP contribution < -0.4 is 18.9 Å². The molecule has 0 aliphatic carbocycles. The lowest BCUT2D eigenvalue weighted by molar-refractivity contribution is 0.324. The fraction of sp³-hybridized carbons (Fsp3) is 0.294. The number of hydrogen-bond acceptors (Lipinski definition) is 7. The van der Waals surface area contributed by atoms with E-state index in [0.717, 1.165) is 0 Å². The van der Waals surface area contributed by atoms with Gasteiger partial charge in [-0.05, 0) is 19.1 Å². The zero-order valence-electron chi connectivity index (χ0n) is 14.3. The Kier molecular flexibility index (Phi) is 5.47. The van der Waals surface area contributed by atoms with Crippen LogP contribution in [0.5, 0.6) is 28.7 Å². The summed E-state index contributed by atoms with van der Waals surface area (Å²) in [6, 6.07) is 6.68. The van der Waals surface area contributed by atoms with Crippen molar-refractivity contribution in [3.05, 3.63) is 29.8 Å². The molecule has 0 bridgehead atoms. The number of nitrogens with zero attached hydrogens (tertiary/aromatic N) is 2. The largest absolute Gasteiger partial charge is 0.505 e. The van der Waals surface area contributed by atoms with E-state index < -0.39 is 0 Å². The Balaban J connectivity index is 2.41. The maximum atomic E-state index is 10.2. The molecule has 0 spiro atoms. The monoisotopic (exact) mass is 332 g/mol. The number of rotatable bonds is 6. The number of aromatic hydroxyl groups is 1. The number of methoxy groups -OCH3 is 4. The van der Waals surface area contributed by atoms with Gasteiger partial charge in [0.2, 0.25) is 5.75 Å². The number of phenols is 1. The minimum atomic E-state index is 0.0190. The highest BCUT2D eigenvalue weighted by atomic mass is 16.5. The first-order valence-corrected chi connectivity index (χ1v) is 7.14. The maximum Gasteiger partial charge on any atom is 0.203 e. The molecule has 2 aromatic rings. The number of azo groups is 1. The van der Waals surface area contributed by atoms with Crippen molar-refractivity contribution in [2.45, 2.75) is 6.92 Å². The average Bonchev–Trinajstić information content (AvgIpc) is 2.61. The van der Waals surface area contributed by atoms with Crippen LogP contribution in [0.4, 0.5) is 11.4 Å². The zero-order chi connectivity index (χ0) is 17.7. The SMILES string of the molecule is COc1ccc(/N=N/c2cc(OC)c(OC)c(OC)c2)c(O)c1C. The van der Waals surface area contributed by atoms with E-state index in [2.05, 4.69) is 10.2 Å². The smallest absolute Gasteiger partial charge is 0.203 e. The van der Waals surface area contributed by atoms with Crippen LogP contribution in [0.3, 0.4) is 0 Å². The Morgan fingerprint density at radius 1 is 0.792 bits per heavy atom. The molecule has 0 heterocycles. The fourth-order valence-corrected chi connectivity index (χ4v) is 2.21. The standard InChI is InChI=1S/C17H20N2O5/c1-10-13(21-2)7-6-12(16(10)20)19-18-11-8-14(22-3)17(24-5)15(9-11)23-4/h6-9,20H,1-5H3/b19-18+. The summed E-state index contributed by atoms with van der Waals surface area (Å²) in [4.78, 5) is 0. The van der Waals surface area contributed by atoms with Gasteiger partial charge < -0.3 is 24.1 Å². The van der Waals surface area contributed by atoms with Crippen LogP contribution in [0.25, 0.3) is 0 Å². The molecular weight excluding hydrogens is 312 g/mol. The molecule has 24 heavy (non-hydrogen) atoms. The van der Waals surface area contributed by atoms with Gasteiger partial charge in [0, 0.05) is 17.7 Å². The normalized spacial score (nSPS) is 10.7. The molecule has 0 atom stereocenters. The van der Waals surface area contributed by atoms with E-state index in [-0.39, 0.29) is 5.75 Å². The first kappa shape index (κ1) is 17.4. The maximum absolute atomic E-state index is 10.2. The van der Waals surface area contributed by atoms with Crippen LogP contribution >= 0.6 is 0 Å². The Labute approximate surface area is 140 Å². The van der Waals surface area contributed by atoms with E-state index in [1.165, 1.54) is 21.3 Å². The van der Waals surface area contributed by atoms with E-state index in [0.29, 0.717) is 39.9 Å². The second-order valence-corrected chi connectivity index (χ2v) is 4.84. The van der Waals surface area contributed by atoms with Crippen molar-refractivity contribution < 1.29 is 24.1 Å². The van der Waals surface area contributed by atoms with Crippen LogP contribution in [0.15, 0.2) is 34.5 Å². The van der Waals surface area contributed by atoms with Crippen LogP contribution in [-0.2, 0) is 0 Å². The molecule has 7 heteroatoms. The summed E-state index contributed by atoms with van der Waals surface area (Å²) in [6.45, 7) is 1.74. The van der Waals surface area contributed by atoms with E-state index in [9.17, 15) is 5.11 Å². The van der Waals surface area contributed by atoms with Gasteiger partial charge in [0.25, 0.3) is 0 Å². The lowest BCUT2D eigenvalue weighted by Crippen LogP contribution is -1.94. The molecule has 0 saturated heterocycles. The predicted octanol–water partition coefficient (Wildman–Crippen LogP) is 4.15. The van der Waals surface area contributed by atoms with Crippen molar-refractivity contribution in [1.29, 1.82) is 0 Å². The summed E-state index contributed by atoms with van der Waals surface area (Å²) >= 11 is 0. The van der Waals surface area contributed by atoms with Gasteiger partial charge in [-0.3, -0.25) is 0 Å². The molecule has 0 saturated carbocycles. The number of hydrogen-bond donors (Lipinski definition) is 1. The van der Waals surface area contributed by atoms with Crippen molar-refractivity contribution in [2.75, 3.05) is 28.4 Å². The summed E-state index contributed by atoms with van der Waals surface area (Å²) in [5.41, 5.74) is 1.43. The quantitative estimate of drug-likeness (QED) is 0.804. The average molecular weight is 332 g/mol. The van der Waals surface area contributed by atoms with Gasteiger partial charge in [0.1, 0.15) is 17.2 Å². The lowest BCUT2D eigenvalue weighted by Gasteiger charge is -2.12. The fourth-order valence-electron chi connectivity index (χ4n) is 2.21. The number of phenolic OH excluding ortho intramolecular Hbond substituents is 1. The Morgan fingerprint density at radius 3 is 1.88 bits per heavy atom.